The molecule has 2 aromatic rings. The number of benzene rings is 1. The smallest absolute Gasteiger partial charge is 0.207 e. The molecule has 1 heterocycles. The van der Waals surface area contributed by atoms with Crippen molar-refractivity contribution in [3.63, 3.8) is 0 Å². The fraction of sp³-hybridized carbons (Fsp3) is 0.308. The van der Waals surface area contributed by atoms with E-state index in [9.17, 15) is 12.8 Å². The molecule has 0 fully saturated rings. The molecule has 6 heteroatoms. The van der Waals surface area contributed by atoms with Gasteiger partial charge in [0.05, 0.1) is 16.8 Å². The number of hydrogen-bond acceptors (Lipinski definition) is 3. The summed E-state index contributed by atoms with van der Waals surface area (Å²) in [5.41, 5.74) is 1.76. The minimum Gasteiger partial charge on any atom is -0.207 e. The molecule has 0 amide bonds. The molecule has 0 spiro atoms. The number of rotatable bonds is 2. The van der Waals surface area contributed by atoms with E-state index < -0.39 is 15.8 Å². The van der Waals surface area contributed by atoms with Gasteiger partial charge in [-0.25, -0.2) is 4.39 Å². The molecule has 100 valence electrons. The van der Waals surface area contributed by atoms with Gasteiger partial charge in [0.25, 0.3) is 10.0 Å². The van der Waals surface area contributed by atoms with Crippen LogP contribution >= 0.6 is 0 Å². The minimum absolute atomic E-state index is 0.0605. The molecule has 4 nitrogen and oxygen atoms in total. The van der Waals surface area contributed by atoms with Gasteiger partial charge in [0.1, 0.15) is 5.82 Å². The Hall–Kier alpha value is -1.69. The zero-order valence-corrected chi connectivity index (χ0v) is 11.0. The summed E-state index contributed by atoms with van der Waals surface area (Å²) in [6.45, 7) is 0. The van der Waals surface area contributed by atoms with Gasteiger partial charge in [0.15, 0.2) is 0 Å². The van der Waals surface area contributed by atoms with E-state index in [4.69, 9.17) is 0 Å². The second-order valence-electron chi connectivity index (χ2n) is 4.63. The van der Waals surface area contributed by atoms with E-state index in [0.717, 1.165) is 53.2 Å². The van der Waals surface area contributed by atoms with Gasteiger partial charge in [-0.1, -0.05) is 0 Å². The first-order chi connectivity index (χ1) is 9.09. The van der Waals surface area contributed by atoms with Crippen LogP contribution in [0.4, 0.5) is 4.39 Å². The Morgan fingerprint density at radius 2 is 1.79 bits per heavy atom. The lowest BCUT2D eigenvalue weighted by Gasteiger charge is -2.13. The zero-order valence-electron chi connectivity index (χ0n) is 10.2. The molecule has 19 heavy (non-hydrogen) atoms. The number of hydrogen-bond donors (Lipinski definition) is 0. The number of aromatic nitrogens is 2. The van der Waals surface area contributed by atoms with E-state index in [-0.39, 0.29) is 4.90 Å². The fourth-order valence-electron chi connectivity index (χ4n) is 2.38. The number of nitrogens with zero attached hydrogens (tertiary/aromatic N) is 2. The lowest BCUT2D eigenvalue weighted by Crippen LogP contribution is -2.19. The Morgan fingerprint density at radius 3 is 2.53 bits per heavy atom. The van der Waals surface area contributed by atoms with Gasteiger partial charge in [-0.2, -0.15) is 17.6 Å². The Balaban J connectivity index is 2.10. The highest BCUT2D eigenvalue weighted by atomic mass is 32.2. The van der Waals surface area contributed by atoms with Crippen LogP contribution in [0.5, 0.6) is 0 Å². The molecule has 0 N–H and O–H groups in total. The summed E-state index contributed by atoms with van der Waals surface area (Å²) in [7, 11) is -3.71. The van der Waals surface area contributed by atoms with Crippen molar-refractivity contribution in [1.82, 2.24) is 9.19 Å². The average Bonchev–Trinajstić information content (AvgIpc) is 2.83. The van der Waals surface area contributed by atoms with Crippen LogP contribution in [0.25, 0.3) is 0 Å². The lowest BCUT2D eigenvalue weighted by molar-refractivity contribution is 0.571. The van der Waals surface area contributed by atoms with Crippen molar-refractivity contribution >= 4 is 10.0 Å². The average molecular weight is 280 g/mol. The molecule has 0 saturated heterocycles. The van der Waals surface area contributed by atoms with E-state index in [0.29, 0.717) is 0 Å². The third-order valence-corrected chi connectivity index (χ3v) is 5.01. The van der Waals surface area contributed by atoms with Crippen LogP contribution < -0.4 is 0 Å². The van der Waals surface area contributed by atoms with Gasteiger partial charge in [-0.15, -0.1) is 0 Å². The van der Waals surface area contributed by atoms with Crippen molar-refractivity contribution in [1.29, 1.82) is 0 Å². The fourth-order valence-corrected chi connectivity index (χ4v) is 3.73. The summed E-state index contributed by atoms with van der Waals surface area (Å²) in [5.74, 6) is -0.457. The summed E-state index contributed by atoms with van der Waals surface area (Å²) in [5, 5.41) is 4.00. The largest absolute Gasteiger partial charge is 0.283 e. The van der Waals surface area contributed by atoms with E-state index in [1.54, 1.807) is 6.20 Å². The number of halogens is 1. The zero-order chi connectivity index (χ0) is 13.5. The second kappa shape index (κ2) is 4.45. The molecule has 0 saturated carbocycles. The predicted octanol–water partition coefficient (Wildman–Crippen LogP) is 2.14. The van der Waals surface area contributed by atoms with E-state index >= 15 is 0 Å². The normalized spacial score (nSPS) is 15.2. The topological polar surface area (TPSA) is 52.0 Å². The van der Waals surface area contributed by atoms with Gasteiger partial charge in [-0.05, 0) is 55.5 Å². The molecule has 1 aliphatic carbocycles. The van der Waals surface area contributed by atoms with Gasteiger partial charge >= 0.3 is 0 Å². The predicted molar refractivity (Wildman–Crippen MR) is 67.9 cm³/mol. The van der Waals surface area contributed by atoms with E-state index in [1.165, 1.54) is 12.1 Å². The summed E-state index contributed by atoms with van der Waals surface area (Å²) in [4.78, 5) is 0.0605. The Bertz CT molecular complexity index is 705. The molecule has 0 aliphatic heterocycles. The second-order valence-corrected chi connectivity index (χ2v) is 6.39. The molecular formula is C13H13FN2O2S. The van der Waals surface area contributed by atoms with Crippen molar-refractivity contribution in [2.24, 2.45) is 0 Å². The maximum absolute atomic E-state index is 12.9. The molecular weight excluding hydrogens is 267 g/mol. The number of fused-ring (bicyclic) bond motifs is 1. The SMILES string of the molecule is O=S(=O)(c1ccc(F)cc1)n1ncc2c1CCCC2. The molecule has 0 bridgehead atoms. The van der Waals surface area contributed by atoms with Crippen LogP contribution in [0.3, 0.4) is 0 Å². The van der Waals surface area contributed by atoms with Gasteiger partial charge in [0.2, 0.25) is 0 Å². The van der Waals surface area contributed by atoms with Crippen LogP contribution in [0.2, 0.25) is 0 Å². The molecule has 1 aromatic heterocycles. The van der Waals surface area contributed by atoms with Crippen molar-refractivity contribution in [3.8, 4) is 0 Å². The number of aryl methyl sites for hydroxylation is 1. The lowest BCUT2D eigenvalue weighted by atomic mass is 9.99. The Morgan fingerprint density at radius 1 is 1.11 bits per heavy atom. The molecule has 1 aromatic carbocycles. The van der Waals surface area contributed by atoms with Crippen molar-refractivity contribution in [3.05, 3.63) is 47.5 Å². The first-order valence-electron chi connectivity index (χ1n) is 6.16. The van der Waals surface area contributed by atoms with E-state index in [2.05, 4.69) is 5.10 Å². The molecule has 0 unspecified atom stereocenters. The first kappa shape index (κ1) is 12.3. The van der Waals surface area contributed by atoms with Crippen LogP contribution in [-0.2, 0) is 22.9 Å². The summed E-state index contributed by atoms with van der Waals surface area (Å²) < 4.78 is 38.9. The molecule has 3 rings (SSSR count). The third-order valence-electron chi connectivity index (χ3n) is 3.37. The quantitative estimate of drug-likeness (QED) is 0.847. The summed E-state index contributed by atoms with van der Waals surface area (Å²) in [6.07, 6.45) is 5.24. The highest BCUT2D eigenvalue weighted by Crippen LogP contribution is 2.24. The van der Waals surface area contributed by atoms with Gasteiger partial charge in [0, 0.05) is 0 Å². The highest BCUT2D eigenvalue weighted by Gasteiger charge is 2.24. The molecule has 1 aliphatic rings. The van der Waals surface area contributed by atoms with Crippen LogP contribution in [0, 0.1) is 5.82 Å². The maximum atomic E-state index is 12.9. The standard InChI is InChI=1S/C13H13FN2O2S/c14-11-5-7-12(8-6-11)19(17,18)16-13-4-2-1-3-10(13)9-15-16/h5-9H,1-4H2. The summed E-state index contributed by atoms with van der Waals surface area (Å²) >= 11 is 0. The van der Waals surface area contributed by atoms with Crippen molar-refractivity contribution in [2.75, 3.05) is 0 Å². The molecule has 0 atom stereocenters. The Labute approximate surface area is 110 Å². The van der Waals surface area contributed by atoms with Crippen LogP contribution in [0.1, 0.15) is 24.1 Å². The summed E-state index contributed by atoms with van der Waals surface area (Å²) in [6, 6.07) is 4.81. The maximum Gasteiger partial charge on any atom is 0.283 e. The minimum atomic E-state index is -3.71. The third kappa shape index (κ3) is 2.06. The monoisotopic (exact) mass is 280 g/mol. The molecule has 0 radical (unpaired) electrons. The van der Waals surface area contributed by atoms with Gasteiger partial charge in [-0.3, -0.25) is 0 Å². The van der Waals surface area contributed by atoms with Gasteiger partial charge < -0.3 is 0 Å². The van der Waals surface area contributed by atoms with Crippen molar-refractivity contribution in [2.45, 2.75) is 30.6 Å². The van der Waals surface area contributed by atoms with Crippen molar-refractivity contribution < 1.29 is 12.8 Å². The van der Waals surface area contributed by atoms with Crippen LogP contribution in [0.15, 0.2) is 35.4 Å². The first-order valence-corrected chi connectivity index (χ1v) is 7.60. The van der Waals surface area contributed by atoms with E-state index in [1.807, 2.05) is 0 Å². The Kier molecular flexibility index (Phi) is 2.89. The highest BCUT2D eigenvalue weighted by molar-refractivity contribution is 7.89. The van der Waals surface area contributed by atoms with Crippen LogP contribution in [-0.4, -0.2) is 17.6 Å².